The lowest BCUT2D eigenvalue weighted by molar-refractivity contribution is -0.137. The summed E-state index contributed by atoms with van der Waals surface area (Å²) in [6, 6.07) is 5.23. The third-order valence-electron chi connectivity index (χ3n) is 4.01. The molecule has 0 radical (unpaired) electrons. The standard InChI is InChI=1S/C18H25F3N2O2/c1-17(2,3)25-16(24)22-11-13-5-4-10-23(12-13)15-8-6-14(7-9-15)18(19,20)21/h6-9,13H,4-5,10-12H2,1-3H3,(H,22,24)/t13-/m1/s1. The van der Waals surface area contributed by atoms with Crippen LogP contribution in [0.25, 0.3) is 0 Å². The molecular weight excluding hydrogens is 333 g/mol. The number of carbonyl (C=O) groups excluding carboxylic acids is 1. The van der Waals surface area contributed by atoms with Gasteiger partial charge in [0, 0.05) is 25.3 Å². The van der Waals surface area contributed by atoms with E-state index in [0.717, 1.165) is 37.2 Å². The normalized spacial score (nSPS) is 18.8. The van der Waals surface area contributed by atoms with E-state index in [1.165, 1.54) is 12.1 Å². The van der Waals surface area contributed by atoms with E-state index in [1.54, 1.807) is 20.8 Å². The lowest BCUT2D eigenvalue weighted by Gasteiger charge is -2.34. The Hall–Kier alpha value is -1.92. The number of halogens is 3. The Balaban J connectivity index is 1.89. The Bertz CT molecular complexity index is 579. The molecule has 1 aliphatic heterocycles. The van der Waals surface area contributed by atoms with E-state index in [2.05, 4.69) is 10.2 Å². The first kappa shape index (κ1) is 19.4. The van der Waals surface area contributed by atoms with Gasteiger partial charge in [-0.15, -0.1) is 0 Å². The number of amides is 1. The molecular formula is C18H25F3N2O2. The van der Waals surface area contributed by atoms with E-state index in [1.807, 2.05) is 0 Å². The number of alkyl carbamates (subject to hydrolysis) is 1. The topological polar surface area (TPSA) is 41.6 Å². The second-order valence-electron chi connectivity index (χ2n) is 7.38. The largest absolute Gasteiger partial charge is 0.444 e. The molecule has 0 spiro atoms. The molecule has 1 aliphatic rings. The minimum Gasteiger partial charge on any atom is -0.444 e. The monoisotopic (exact) mass is 358 g/mol. The highest BCUT2D eigenvalue weighted by atomic mass is 19.4. The molecule has 7 heteroatoms. The maximum absolute atomic E-state index is 12.7. The molecule has 4 nitrogen and oxygen atoms in total. The molecule has 25 heavy (non-hydrogen) atoms. The Morgan fingerprint density at radius 2 is 1.88 bits per heavy atom. The predicted octanol–water partition coefficient (Wildman–Crippen LogP) is 4.45. The molecule has 1 aromatic rings. The summed E-state index contributed by atoms with van der Waals surface area (Å²) in [5.41, 5.74) is -0.408. The summed E-state index contributed by atoms with van der Waals surface area (Å²) in [6.45, 7) is 7.40. The zero-order chi connectivity index (χ0) is 18.7. The lowest BCUT2D eigenvalue weighted by atomic mass is 9.97. The fourth-order valence-electron chi connectivity index (χ4n) is 2.87. The van der Waals surface area contributed by atoms with Gasteiger partial charge < -0.3 is 15.0 Å². The van der Waals surface area contributed by atoms with Gasteiger partial charge in [0.05, 0.1) is 5.56 Å². The van der Waals surface area contributed by atoms with Crippen LogP contribution in [-0.2, 0) is 10.9 Å². The zero-order valence-corrected chi connectivity index (χ0v) is 14.8. The van der Waals surface area contributed by atoms with E-state index in [9.17, 15) is 18.0 Å². The third kappa shape index (κ3) is 6.14. The van der Waals surface area contributed by atoms with Gasteiger partial charge in [0.25, 0.3) is 0 Å². The van der Waals surface area contributed by atoms with Crippen LogP contribution in [0, 0.1) is 5.92 Å². The van der Waals surface area contributed by atoms with Crippen molar-refractivity contribution in [2.45, 2.75) is 45.4 Å². The molecule has 1 N–H and O–H groups in total. The van der Waals surface area contributed by atoms with Crippen molar-refractivity contribution in [1.82, 2.24) is 5.32 Å². The first-order valence-electron chi connectivity index (χ1n) is 8.44. The van der Waals surface area contributed by atoms with Crippen molar-refractivity contribution in [2.75, 3.05) is 24.5 Å². The van der Waals surface area contributed by atoms with Gasteiger partial charge in [0.1, 0.15) is 5.60 Å². The van der Waals surface area contributed by atoms with E-state index < -0.39 is 23.4 Å². The molecule has 1 atom stereocenters. The van der Waals surface area contributed by atoms with Crippen LogP contribution in [0.1, 0.15) is 39.2 Å². The van der Waals surface area contributed by atoms with Crippen LogP contribution in [0.5, 0.6) is 0 Å². The number of nitrogens with one attached hydrogen (secondary N) is 1. The maximum atomic E-state index is 12.7. The van der Waals surface area contributed by atoms with Gasteiger partial charge in [-0.05, 0) is 63.8 Å². The minimum atomic E-state index is -4.32. The number of rotatable bonds is 3. The highest BCUT2D eigenvalue weighted by molar-refractivity contribution is 5.67. The molecule has 1 aromatic carbocycles. The number of alkyl halides is 3. The van der Waals surface area contributed by atoms with Gasteiger partial charge in [-0.1, -0.05) is 0 Å². The van der Waals surface area contributed by atoms with E-state index in [-0.39, 0.29) is 5.92 Å². The van der Waals surface area contributed by atoms with Gasteiger partial charge in [-0.25, -0.2) is 4.79 Å². The van der Waals surface area contributed by atoms with Crippen LogP contribution >= 0.6 is 0 Å². The fourth-order valence-corrected chi connectivity index (χ4v) is 2.87. The van der Waals surface area contributed by atoms with Crippen LogP contribution in [0.3, 0.4) is 0 Å². The molecule has 1 saturated heterocycles. The van der Waals surface area contributed by atoms with Crippen LogP contribution in [0.4, 0.5) is 23.7 Å². The molecule has 140 valence electrons. The van der Waals surface area contributed by atoms with Gasteiger partial charge in [-0.2, -0.15) is 13.2 Å². The lowest BCUT2D eigenvalue weighted by Crippen LogP contribution is -2.42. The Kier molecular flexibility index (Phi) is 5.85. The number of carbonyl (C=O) groups is 1. The smallest absolute Gasteiger partial charge is 0.416 e. The molecule has 0 unspecified atom stereocenters. The predicted molar refractivity (Wildman–Crippen MR) is 90.6 cm³/mol. The Labute approximate surface area is 146 Å². The molecule has 0 aliphatic carbocycles. The van der Waals surface area contributed by atoms with Crippen molar-refractivity contribution in [3.05, 3.63) is 29.8 Å². The van der Waals surface area contributed by atoms with Gasteiger partial charge in [-0.3, -0.25) is 0 Å². The number of nitrogens with zero attached hydrogens (tertiary/aromatic N) is 1. The summed E-state index contributed by atoms with van der Waals surface area (Å²) in [6.07, 6.45) is -2.87. The minimum absolute atomic E-state index is 0.239. The summed E-state index contributed by atoms with van der Waals surface area (Å²) in [7, 11) is 0. The highest BCUT2D eigenvalue weighted by Gasteiger charge is 2.30. The first-order chi connectivity index (χ1) is 11.5. The van der Waals surface area contributed by atoms with Crippen molar-refractivity contribution in [3.8, 4) is 0 Å². The molecule has 1 heterocycles. The molecule has 1 amide bonds. The summed E-state index contributed by atoms with van der Waals surface area (Å²) in [5.74, 6) is 0.239. The highest BCUT2D eigenvalue weighted by Crippen LogP contribution is 2.31. The van der Waals surface area contributed by atoms with E-state index in [4.69, 9.17) is 4.74 Å². The second-order valence-corrected chi connectivity index (χ2v) is 7.38. The molecule has 1 fully saturated rings. The number of piperidine rings is 1. The van der Waals surface area contributed by atoms with Gasteiger partial charge in [0.15, 0.2) is 0 Å². The van der Waals surface area contributed by atoms with Crippen molar-refractivity contribution in [3.63, 3.8) is 0 Å². The Morgan fingerprint density at radius 3 is 2.44 bits per heavy atom. The first-order valence-corrected chi connectivity index (χ1v) is 8.44. The second kappa shape index (κ2) is 7.54. The van der Waals surface area contributed by atoms with E-state index >= 15 is 0 Å². The SMILES string of the molecule is CC(C)(C)OC(=O)NC[C@H]1CCCN(c2ccc(C(F)(F)F)cc2)C1. The summed E-state index contributed by atoms with van der Waals surface area (Å²) >= 11 is 0. The van der Waals surface area contributed by atoms with Gasteiger partial charge in [0.2, 0.25) is 0 Å². The van der Waals surface area contributed by atoms with E-state index in [0.29, 0.717) is 13.1 Å². The number of hydrogen-bond acceptors (Lipinski definition) is 3. The molecule has 0 saturated carbocycles. The number of anilines is 1. The quantitative estimate of drug-likeness (QED) is 0.868. The summed E-state index contributed by atoms with van der Waals surface area (Å²) in [4.78, 5) is 13.8. The third-order valence-corrected chi connectivity index (χ3v) is 4.01. The maximum Gasteiger partial charge on any atom is 0.416 e. The molecule has 0 bridgehead atoms. The van der Waals surface area contributed by atoms with Crippen molar-refractivity contribution >= 4 is 11.8 Å². The van der Waals surface area contributed by atoms with Crippen LogP contribution in [-0.4, -0.2) is 31.3 Å². The van der Waals surface area contributed by atoms with Crippen molar-refractivity contribution < 1.29 is 22.7 Å². The van der Waals surface area contributed by atoms with Crippen LogP contribution in [0.2, 0.25) is 0 Å². The van der Waals surface area contributed by atoms with Gasteiger partial charge >= 0.3 is 12.3 Å². The average Bonchev–Trinajstić information content (AvgIpc) is 2.51. The van der Waals surface area contributed by atoms with Crippen molar-refractivity contribution in [1.29, 1.82) is 0 Å². The van der Waals surface area contributed by atoms with Crippen LogP contribution in [0.15, 0.2) is 24.3 Å². The molecule has 0 aromatic heterocycles. The zero-order valence-electron chi connectivity index (χ0n) is 14.8. The Morgan fingerprint density at radius 1 is 1.24 bits per heavy atom. The number of benzene rings is 1. The molecule has 2 rings (SSSR count). The fraction of sp³-hybridized carbons (Fsp3) is 0.611. The number of hydrogen-bond donors (Lipinski definition) is 1. The number of ether oxygens (including phenoxy) is 1. The summed E-state index contributed by atoms with van der Waals surface area (Å²) < 4.78 is 43.2. The van der Waals surface area contributed by atoms with Crippen molar-refractivity contribution in [2.24, 2.45) is 5.92 Å². The average molecular weight is 358 g/mol. The summed E-state index contributed by atoms with van der Waals surface area (Å²) in [5, 5.41) is 2.77. The van der Waals surface area contributed by atoms with Crippen LogP contribution < -0.4 is 10.2 Å².